The highest BCUT2D eigenvalue weighted by molar-refractivity contribution is 5.76. The Balaban J connectivity index is 1.40. The minimum atomic E-state index is -0.899. The van der Waals surface area contributed by atoms with E-state index in [4.69, 9.17) is 4.74 Å². The second-order valence-corrected chi connectivity index (χ2v) is 8.56. The van der Waals surface area contributed by atoms with Crippen molar-refractivity contribution in [3.05, 3.63) is 17.5 Å². The Kier molecular flexibility index (Phi) is 6.35. The van der Waals surface area contributed by atoms with Crippen molar-refractivity contribution < 1.29 is 14.6 Å². The van der Waals surface area contributed by atoms with E-state index in [1.165, 1.54) is 32.1 Å². The van der Waals surface area contributed by atoms with Gasteiger partial charge in [-0.3, -0.25) is 4.79 Å². The highest BCUT2D eigenvalue weighted by Gasteiger charge is 2.46. The van der Waals surface area contributed by atoms with Gasteiger partial charge in [0.15, 0.2) is 0 Å². The monoisotopic (exact) mass is 375 g/mol. The topological polar surface area (TPSA) is 75.6 Å². The van der Waals surface area contributed by atoms with Crippen molar-refractivity contribution in [3.63, 3.8) is 0 Å². The van der Waals surface area contributed by atoms with Crippen molar-refractivity contribution in [1.82, 2.24) is 14.9 Å². The average molecular weight is 376 g/mol. The second-order valence-electron chi connectivity index (χ2n) is 8.56. The summed E-state index contributed by atoms with van der Waals surface area (Å²) >= 11 is 0. The molecule has 0 radical (unpaired) electrons. The molecule has 2 aliphatic rings. The molecule has 1 N–H and O–H groups in total. The Labute approximate surface area is 162 Å². The summed E-state index contributed by atoms with van der Waals surface area (Å²) in [5.41, 5.74) is 0.794. The molecule has 0 unspecified atom stereocenters. The lowest BCUT2D eigenvalue weighted by Gasteiger charge is -2.47. The zero-order valence-electron chi connectivity index (χ0n) is 16.9. The summed E-state index contributed by atoms with van der Waals surface area (Å²) in [5.74, 6) is 0.923. The normalized spacial score (nSPS) is 25.7. The summed E-state index contributed by atoms with van der Waals surface area (Å²) in [6.45, 7) is 3.95. The third-order valence-corrected chi connectivity index (χ3v) is 6.10. The number of carbonyl (C=O) groups excluding carboxylic acids is 1. The molecule has 1 amide bonds. The summed E-state index contributed by atoms with van der Waals surface area (Å²) < 4.78 is 5.61. The van der Waals surface area contributed by atoms with E-state index < -0.39 is 5.60 Å². The molecule has 1 aromatic rings. The maximum atomic E-state index is 12.5. The molecule has 0 aliphatic heterocycles. The molecule has 0 atom stereocenters. The van der Waals surface area contributed by atoms with E-state index >= 15 is 0 Å². The minimum absolute atomic E-state index is 0.0950. The van der Waals surface area contributed by atoms with Gasteiger partial charge in [-0.2, -0.15) is 0 Å². The number of rotatable bonds is 7. The fourth-order valence-electron chi connectivity index (χ4n) is 4.35. The van der Waals surface area contributed by atoms with Gasteiger partial charge in [-0.1, -0.05) is 32.1 Å². The Hall–Kier alpha value is -1.69. The lowest BCUT2D eigenvalue weighted by atomic mass is 9.75. The van der Waals surface area contributed by atoms with Gasteiger partial charge < -0.3 is 14.7 Å². The van der Waals surface area contributed by atoms with E-state index in [1.807, 2.05) is 31.9 Å². The van der Waals surface area contributed by atoms with E-state index in [0.29, 0.717) is 25.3 Å². The van der Waals surface area contributed by atoms with Crippen molar-refractivity contribution in [2.75, 3.05) is 13.7 Å². The van der Waals surface area contributed by atoms with Crippen LogP contribution in [0, 0.1) is 19.8 Å². The molecule has 27 heavy (non-hydrogen) atoms. The minimum Gasteiger partial charge on any atom is -0.460 e. The predicted octanol–water partition coefficient (Wildman–Crippen LogP) is 3.18. The number of aliphatic hydroxyl groups is 1. The molecular weight excluding hydrogens is 342 g/mol. The number of hydrogen-bond donors (Lipinski definition) is 1. The summed E-state index contributed by atoms with van der Waals surface area (Å²) in [7, 11) is 1.86. The molecule has 1 heterocycles. The number of amides is 1. The van der Waals surface area contributed by atoms with Crippen LogP contribution in [-0.4, -0.2) is 51.2 Å². The van der Waals surface area contributed by atoms with Crippen molar-refractivity contribution in [3.8, 4) is 6.01 Å². The first kappa shape index (κ1) is 20.1. The molecule has 1 aromatic heterocycles. The second kappa shape index (κ2) is 8.55. The average Bonchev–Trinajstić information content (AvgIpc) is 2.61. The van der Waals surface area contributed by atoms with Crippen LogP contribution in [0.15, 0.2) is 6.07 Å². The third kappa shape index (κ3) is 5.41. The molecule has 6 nitrogen and oxygen atoms in total. The van der Waals surface area contributed by atoms with Crippen LogP contribution in [0.25, 0.3) is 0 Å². The van der Waals surface area contributed by atoms with E-state index in [2.05, 4.69) is 9.97 Å². The summed E-state index contributed by atoms with van der Waals surface area (Å²) in [6.07, 6.45) is 9.25. The summed E-state index contributed by atoms with van der Waals surface area (Å²) in [6, 6.07) is 2.29. The largest absolute Gasteiger partial charge is 0.460 e. The van der Waals surface area contributed by atoms with E-state index in [1.54, 1.807) is 0 Å². The lowest BCUT2D eigenvalue weighted by molar-refractivity contribution is -0.147. The van der Waals surface area contributed by atoms with E-state index in [0.717, 1.165) is 23.7 Å². The standard InChI is InChI=1S/C21H33N3O3/c1-15-11-16(2)23-20(22-15)27-14-21(26)12-18(13-21)24(3)19(25)10-9-17-7-5-4-6-8-17/h11,17-18,26H,4-10,12-14H2,1-3H3. The maximum Gasteiger partial charge on any atom is 0.316 e. The van der Waals surface area contributed by atoms with Crippen LogP contribution in [0.3, 0.4) is 0 Å². The maximum absolute atomic E-state index is 12.5. The van der Waals surface area contributed by atoms with E-state index in [9.17, 15) is 9.90 Å². The van der Waals surface area contributed by atoms with Crippen LogP contribution in [0.4, 0.5) is 0 Å². The van der Waals surface area contributed by atoms with Gasteiger partial charge in [0.2, 0.25) is 5.91 Å². The Bertz CT molecular complexity index is 632. The number of ether oxygens (including phenoxy) is 1. The first-order valence-electron chi connectivity index (χ1n) is 10.3. The van der Waals surface area contributed by atoms with Gasteiger partial charge in [-0.25, -0.2) is 9.97 Å². The van der Waals surface area contributed by atoms with Gasteiger partial charge in [0.05, 0.1) is 0 Å². The molecular formula is C21H33N3O3. The zero-order chi connectivity index (χ0) is 19.4. The molecule has 150 valence electrons. The fraction of sp³-hybridized carbons (Fsp3) is 0.762. The number of hydrogen-bond acceptors (Lipinski definition) is 5. The van der Waals surface area contributed by atoms with Crippen LogP contribution in [0.1, 0.15) is 69.2 Å². The quantitative estimate of drug-likeness (QED) is 0.792. The molecule has 2 saturated carbocycles. The van der Waals surface area contributed by atoms with Crippen LogP contribution in [-0.2, 0) is 4.79 Å². The molecule has 2 fully saturated rings. The molecule has 0 aromatic carbocycles. The van der Waals surface area contributed by atoms with Crippen molar-refractivity contribution in [1.29, 1.82) is 0 Å². The summed E-state index contributed by atoms with van der Waals surface area (Å²) in [5, 5.41) is 10.6. The predicted molar refractivity (Wildman–Crippen MR) is 104 cm³/mol. The highest BCUT2D eigenvalue weighted by Crippen LogP contribution is 2.36. The van der Waals surface area contributed by atoms with Crippen LogP contribution < -0.4 is 4.74 Å². The zero-order valence-corrected chi connectivity index (χ0v) is 16.9. The molecule has 0 saturated heterocycles. The van der Waals surface area contributed by atoms with Gasteiger partial charge in [0.25, 0.3) is 0 Å². The number of nitrogens with zero attached hydrogens (tertiary/aromatic N) is 3. The smallest absolute Gasteiger partial charge is 0.316 e. The van der Waals surface area contributed by atoms with Gasteiger partial charge in [0, 0.05) is 43.7 Å². The van der Waals surface area contributed by atoms with Gasteiger partial charge in [-0.05, 0) is 32.3 Å². The molecule has 0 spiro atoms. The number of carbonyl (C=O) groups is 1. The first-order chi connectivity index (χ1) is 12.8. The fourth-order valence-corrected chi connectivity index (χ4v) is 4.35. The number of aryl methyl sites for hydroxylation is 2. The van der Waals surface area contributed by atoms with Gasteiger partial charge in [-0.15, -0.1) is 0 Å². The van der Waals surface area contributed by atoms with Crippen molar-refractivity contribution in [2.45, 2.75) is 83.3 Å². The van der Waals surface area contributed by atoms with Crippen LogP contribution in [0.5, 0.6) is 6.01 Å². The van der Waals surface area contributed by atoms with E-state index in [-0.39, 0.29) is 18.6 Å². The Morgan fingerprint density at radius 1 is 1.22 bits per heavy atom. The molecule has 3 rings (SSSR count). The molecule has 2 aliphatic carbocycles. The Morgan fingerprint density at radius 3 is 2.48 bits per heavy atom. The van der Waals surface area contributed by atoms with Crippen LogP contribution >= 0.6 is 0 Å². The first-order valence-corrected chi connectivity index (χ1v) is 10.3. The lowest BCUT2D eigenvalue weighted by Crippen LogP contribution is -2.58. The van der Waals surface area contributed by atoms with Gasteiger partial charge >= 0.3 is 6.01 Å². The Morgan fingerprint density at radius 2 is 1.85 bits per heavy atom. The van der Waals surface area contributed by atoms with Crippen molar-refractivity contribution >= 4 is 5.91 Å². The highest BCUT2D eigenvalue weighted by atomic mass is 16.5. The van der Waals surface area contributed by atoms with Crippen molar-refractivity contribution in [2.24, 2.45) is 5.92 Å². The summed E-state index contributed by atoms with van der Waals surface area (Å²) in [4.78, 5) is 22.8. The SMILES string of the molecule is Cc1cc(C)nc(OCC2(O)CC(N(C)C(=O)CCC3CCCCC3)C2)n1. The third-order valence-electron chi connectivity index (χ3n) is 6.10. The van der Waals surface area contributed by atoms with Crippen LogP contribution in [0.2, 0.25) is 0 Å². The van der Waals surface area contributed by atoms with Gasteiger partial charge in [0.1, 0.15) is 12.2 Å². The molecule has 6 heteroatoms. The molecule has 0 bridgehead atoms. The number of aromatic nitrogens is 2.